The summed E-state index contributed by atoms with van der Waals surface area (Å²) >= 11 is 0. The molecule has 3 rings (SSSR count). The minimum atomic E-state index is -0.752. The van der Waals surface area contributed by atoms with E-state index in [4.69, 9.17) is 0 Å². The van der Waals surface area contributed by atoms with E-state index in [2.05, 4.69) is 91.0 Å². The van der Waals surface area contributed by atoms with Gasteiger partial charge in [-0.05, 0) is 29.8 Å². The predicted octanol–water partition coefficient (Wildman–Crippen LogP) is 1.06. The predicted molar refractivity (Wildman–Crippen MR) is 90.6 cm³/mol. The maximum Gasteiger partial charge on any atom is 0.0970 e. The number of hydrogen-bond donors (Lipinski definition) is 0. The summed E-state index contributed by atoms with van der Waals surface area (Å²) in [4.78, 5) is 0. The van der Waals surface area contributed by atoms with Crippen LogP contribution in [0.5, 0.6) is 0 Å². The first-order valence-corrected chi connectivity index (χ1v) is 8.65. The minimum Gasteiger partial charge on any atom is -1.00 e. The highest BCUT2D eigenvalue weighted by Crippen LogP contribution is 2.37. The van der Waals surface area contributed by atoms with Crippen molar-refractivity contribution in [1.82, 2.24) is 0 Å². The van der Waals surface area contributed by atoms with Gasteiger partial charge in [-0.25, -0.2) is 0 Å². The monoisotopic (exact) mass is 356 g/mol. The Morgan fingerprint density at radius 1 is 0.524 bits per heavy atom. The van der Waals surface area contributed by atoms with Crippen LogP contribution in [0, 0.1) is 0 Å². The number of rotatable bonds is 4. The van der Waals surface area contributed by atoms with Gasteiger partial charge in [-0.1, -0.05) is 66.7 Å². The SMILES string of the molecule is [Br-].c1ccc(C[PH+](c2ccccc2)c2ccccc2)cc1. The van der Waals surface area contributed by atoms with Gasteiger partial charge >= 0.3 is 0 Å². The van der Waals surface area contributed by atoms with Gasteiger partial charge in [0, 0.05) is 0 Å². The van der Waals surface area contributed by atoms with Crippen molar-refractivity contribution in [2.75, 3.05) is 0 Å². The van der Waals surface area contributed by atoms with Gasteiger partial charge in [0.1, 0.15) is 0 Å². The van der Waals surface area contributed by atoms with E-state index in [9.17, 15) is 0 Å². The third kappa shape index (κ3) is 4.27. The molecule has 0 aliphatic rings. The summed E-state index contributed by atoms with van der Waals surface area (Å²) in [5.41, 5.74) is 1.43. The molecule has 0 nitrogen and oxygen atoms in total. The van der Waals surface area contributed by atoms with Crippen molar-refractivity contribution in [3.8, 4) is 0 Å². The van der Waals surface area contributed by atoms with Gasteiger partial charge in [-0.15, -0.1) is 0 Å². The van der Waals surface area contributed by atoms with E-state index in [1.807, 2.05) is 0 Å². The van der Waals surface area contributed by atoms with Gasteiger partial charge in [0.15, 0.2) is 0 Å². The first kappa shape index (κ1) is 15.9. The van der Waals surface area contributed by atoms with E-state index in [-0.39, 0.29) is 17.0 Å². The first-order chi connectivity index (χ1) is 9.93. The largest absolute Gasteiger partial charge is 1.00 e. The molecule has 3 aromatic rings. The van der Waals surface area contributed by atoms with E-state index in [0.29, 0.717) is 0 Å². The van der Waals surface area contributed by atoms with Crippen molar-refractivity contribution in [2.24, 2.45) is 0 Å². The van der Waals surface area contributed by atoms with E-state index in [0.717, 1.165) is 6.16 Å². The first-order valence-electron chi connectivity index (χ1n) is 6.94. The van der Waals surface area contributed by atoms with Gasteiger partial charge in [-0.2, -0.15) is 0 Å². The van der Waals surface area contributed by atoms with Crippen LogP contribution >= 0.6 is 7.92 Å². The zero-order valence-corrected chi connectivity index (χ0v) is 14.3. The van der Waals surface area contributed by atoms with Gasteiger partial charge in [0.2, 0.25) is 0 Å². The summed E-state index contributed by atoms with van der Waals surface area (Å²) in [5, 5.41) is 2.96. The number of halogens is 1. The number of benzene rings is 3. The Labute approximate surface area is 138 Å². The summed E-state index contributed by atoms with van der Waals surface area (Å²) < 4.78 is 0. The molecule has 0 aliphatic carbocycles. The third-order valence-electron chi connectivity index (χ3n) is 3.47. The van der Waals surface area contributed by atoms with Crippen LogP contribution in [0.3, 0.4) is 0 Å². The molecule has 0 heterocycles. The average Bonchev–Trinajstić information content (AvgIpc) is 2.55. The molecule has 21 heavy (non-hydrogen) atoms. The molecule has 0 aromatic heterocycles. The molecule has 0 radical (unpaired) electrons. The molecule has 0 saturated heterocycles. The molecule has 0 fully saturated rings. The molecule has 0 unspecified atom stereocenters. The van der Waals surface area contributed by atoms with E-state index in [1.54, 1.807) is 0 Å². The lowest BCUT2D eigenvalue weighted by Gasteiger charge is -2.10. The molecular weight excluding hydrogens is 339 g/mol. The lowest BCUT2D eigenvalue weighted by molar-refractivity contribution is -0.00000387. The zero-order valence-electron chi connectivity index (χ0n) is 11.7. The lowest BCUT2D eigenvalue weighted by Crippen LogP contribution is -3.00. The van der Waals surface area contributed by atoms with E-state index < -0.39 is 7.92 Å². The molecule has 3 aromatic carbocycles. The van der Waals surface area contributed by atoms with Gasteiger partial charge in [0.05, 0.1) is 24.7 Å². The van der Waals surface area contributed by atoms with Crippen molar-refractivity contribution in [3.05, 3.63) is 96.6 Å². The molecule has 2 heteroatoms. The van der Waals surface area contributed by atoms with Crippen LogP contribution in [0.4, 0.5) is 0 Å². The highest BCUT2D eigenvalue weighted by molar-refractivity contribution is 7.72. The van der Waals surface area contributed by atoms with Crippen molar-refractivity contribution in [2.45, 2.75) is 6.16 Å². The Morgan fingerprint density at radius 2 is 0.905 bits per heavy atom. The number of hydrogen-bond acceptors (Lipinski definition) is 0. The van der Waals surface area contributed by atoms with Crippen LogP contribution in [0.2, 0.25) is 0 Å². The van der Waals surface area contributed by atoms with Crippen molar-refractivity contribution < 1.29 is 17.0 Å². The standard InChI is InChI=1S/C19H17P.BrH/c1-4-10-17(11-5-1)16-20(18-12-6-2-7-13-18)19-14-8-3-9-15-19;/h1-15H,16H2;1H. The topological polar surface area (TPSA) is 0 Å². The molecule has 0 atom stereocenters. The zero-order chi connectivity index (χ0) is 13.6. The maximum atomic E-state index is 2.27. The summed E-state index contributed by atoms with van der Waals surface area (Å²) in [6, 6.07) is 32.7. The fourth-order valence-corrected chi connectivity index (χ4v) is 5.02. The van der Waals surface area contributed by atoms with Gasteiger partial charge < -0.3 is 17.0 Å². The van der Waals surface area contributed by atoms with Crippen LogP contribution in [-0.2, 0) is 6.16 Å². The van der Waals surface area contributed by atoms with Crippen LogP contribution in [-0.4, -0.2) is 0 Å². The normalized spacial score (nSPS) is 10.1. The van der Waals surface area contributed by atoms with E-state index in [1.165, 1.54) is 16.2 Å². The van der Waals surface area contributed by atoms with Crippen LogP contribution in [0.1, 0.15) is 5.56 Å². The summed E-state index contributed by atoms with van der Waals surface area (Å²) in [6.07, 6.45) is 1.14. The summed E-state index contributed by atoms with van der Waals surface area (Å²) in [7, 11) is -0.752. The fourth-order valence-electron chi connectivity index (χ4n) is 2.45. The second kappa shape index (κ2) is 8.12. The Hall–Kier alpha value is -1.43. The van der Waals surface area contributed by atoms with Gasteiger partial charge in [-0.3, -0.25) is 0 Å². The van der Waals surface area contributed by atoms with Crippen molar-refractivity contribution >= 4 is 18.5 Å². The van der Waals surface area contributed by atoms with Crippen molar-refractivity contribution in [1.29, 1.82) is 0 Å². The highest BCUT2D eigenvalue weighted by atomic mass is 79.9. The van der Waals surface area contributed by atoms with Crippen LogP contribution < -0.4 is 27.6 Å². The second-order valence-corrected chi connectivity index (χ2v) is 7.34. The van der Waals surface area contributed by atoms with Crippen molar-refractivity contribution in [3.63, 3.8) is 0 Å². The minimum absolute atomic E-state index is 0. The summed E-state index contributed by atoms with van der Waals surface area (Å²) in [6.45, 7) is 0. The van der Waals surface area contributed by atoms with Crippen LogP contribution in [0.15, 0.2) is 91.0 Å². The van der Waals surface area contributed by atoms with Crippen LogP contribution in [0.25, 0.3) is 0 Å². The second-order valence-electron chi connectivity index (χ2n) is 4.87. The Morgan fingerprint density at radius 3 is 1.33 bits per heavy atom. The molecular formula is C19H18BrP. The lowest BCUT2D eigenvalue weighted by atomic mass is 10.2. The Bertz CT molecular complexity index is 599. The highest BCUT2D eigenvalue weighted by Gasteiger charge is 2.22. The quantitative estimate of drug-likeness (QED) is 0.613. The molecule has 0 saturated carbocycles. The third-order valence-corrected chi connectivity index (χ3v) is 6.29. The summed E-state index contributed by atoms with van der Waals surface area (Å²) in [5.74, 6) is 0. The molecule has 0 amide bonds. The fraction of sp³-hybridized carbons (Fsp3) is 0.0526. The molecule has 0 spiro atoms. The Balaban J connectivity index is 0.00000161. The van der Waals surface area contributed by atoms with Gasteiger partial charge in [0.25, 0.3) is 0 Å². The maximum absolute atomic E-state index is 2.27. The van der Waals surface area contributed by atoms with E-state index >= 15 is 0 Å². The molecule has 0 aliphatic heterocycles. The molecule has 0 N–H and O–H groups in total. The molecule has 106 valence electrons. The average molecular weight is 357 g/mol. The Kier molecular flexibility index (Phi) is 6.17. The molecule has 0 bridgehead atoms. The smallest absolute Gasteiger partial charge is 0.0970 e.